The average Bonchev–Trinajstić information content (AvgIpc) is 3.05. The van der Waals surface area contributed by atoms with E-state index in [0.29, 0.717) is 0 Å². The van der Waals surface area contributed by atoms with Gasteiger partial charge in [0.2, 0.25) is 10.0 Å². The second-order valence-electron chi connectivity index (χ2n) is 6.00. The largest absolute Gasteiger partial charge is 0.465 e. The Morgan fingerprint density at radius 3 is 2.54 bits per heavy atom. The standard InChI is InChI=1S/C16H24N2O4S.ClH/c1-11-7-8-15(13(9-11)16(19)22-2)23(20,21)18-14(10-17)12-5-3-4-6-12;/h7-9,12,14,18H,3-6,10,17H2,1-2H3;1H. The van der Waals surface area contributed by atoms with Crippen LogP contribution in [0.2, 0.25) is 0 Å². The van der Waals surface area contributed by atoms with Crippen LogP contribution in [0.25, 0.3) is 0 Å². The number of nitrogens with one attached hydrogen (secondary N) is 1. The van der Waals surface area contributed by atoms with Gasteiger partial charge >= 0.3 is 5.97 Å². The van der Waals surface area contributed by atoms with E-state index in [2.05, 4.69) is 4.72 Å². The number of hydrogen-bond donors (Lipinski definition) is 2. The molecule has 3 N–H and O–H groups in total. The maximum absolute atomic E-state index is 12.7. The Balaban J connectivity index is 0.00000288. The quantitative estimate of drug-likeness (QED) is 0.740. The van der Waals surface area contributed by atoms with Gasteiger partial charge in [-0.15, -0.1) is 12.4 Å². The van der Waals surface area contributed by atoms with Crippen molar-refractivity contribution >= 4 is 28.4 Å². The van der Waals surface area contributed by atoms with E-state index in [4.69, 9.17) is 10.5 Å². The van der Waals surface area contributed by atoms with Crippen LogP contribution in [0.4, 0.5) is 0 Å². The van der Waals surface area contributed by atoms with Crippen LogP contribution in [0.5, 0.6) is 0 Å². The van der Waals surface area contributed by atoms with Crippen LogP contribution in [0, 0.1) is 12.8 Å². The first-order valence-corrected chi connectivity index (χ1v) is 9.28. The molecular weight excluding hydrogens is 352 g/mol. The average molecular weight is 377 g/mol. The molecule has 1 aromatic carbocycles. The molecule has 0 aliphatic heterocycles. The van der Waals surface area contributed by atoms with Gasteiger partial charge < -0.3 is 10.5 Å². The molecule has 0 bridgehead atoms. The first-order chi connectivity index (χ1) is 10.9. The van der Waals surface area contributed by atoms with Crippen LogP contribution in [-0.2, 0) is 14.8 Å². The van der Waals surface area contributed by atoms with Crippen LogP contribution >= 0.6 is 12.4 Å². The van der Waals surface area contributed by atoms with Crippen LogP contribution in [0.15, 0.2) is 23.1 Å². The van der Waals surface area contributed by atoms with E-state index >= 15 is 0 Å². The number of carbonyl (C=O) groups excluding carboxylic acids is 1. The zero-order valence-corrected chi connectivity index (χ0v) is 15.6. The molecule has 8 heteroatoms. The topological polar surface area (TPSA) is 98.5 Å². The van der Waals surface area contributed by atoms with Crippen LogP contribution in [-0.4, -0.2) is 34.1 Å². The van der Waals surface area contributed by atoms with E-state index in [1.165, 1.54) is 19.2 Å². The first-order valence-electron chi connectivity index (χ1n) is 7.80. The fourth-order valence-corrected chi connectivity index (χ4v) is 4.60. The number of benzene rings is 1. The van der Waals surface area contributed by atoms with Gasteiger partial charge in [0.25, 0.3) is 0 Å². The van der Waals surface area contributed by atoms with E-state index in [-0.39, 0.29) is 41.4 Å². The number of halogens is 1. The minimum atomic E-state index is -3.84. The molecule has 0 saturated heterocycles. The number of aryl methyl sites for hydroxylation is 1. The number of rotatable bonds is 6. The van der Waals surface area contributed by atoms with Crippen molar-refractivity contribution in [2.45, 2.75) is 43.5 Å². The van der Waals surface area contributed by atoms with Gasteiger partial charge in [-0.2, -0.15) is 0 Å². The van der Waals surface area contributed by atoms with Crippen molar-refractivity contribution in [1.29, 1.82) is 0 Å². The van der Waals surface area contributed by atoms with Crippen molar-refractivity contribution in [3.05, 3.63) is 29.3 Å². The van der Waals surface area contributed by atoms with Crippen LogP contribution in [0.1, 0.15) is 41.6 Å². The zero-order chi connectivity index (χ0) is 17.0. The highest BCUT2D eigenvalue weighted by molar-refractivity contribution is 7.89. The predicted molar refractivity (Wildman–Crippen MR) is 94.9 cm³/mol. The molecule has 136 valence electrons. The van der Waals surface area contributed by atoms with Crippen molar-refractivity contribution in [2.75, 3.05) is 13.7 Å². The molecule has 6 nitrogen and oxygen atoms in total. The lowest BCUT2D eigenvalue weighted by Gasteiger charge is -2.23. The number of ether oxygens (including phenoxy) is 1. The molecule has 1 aromatic rings. The Morgan fingerprint density at radius 1 is 1.38 bits per heavy atom. The summed E-state index contributed by atoms with van der Waals surface area (Å²) in [4.78, 5) is 11.8. The Bertz CT molecular complexity index is 673. The summed E-state index contributed by atoms with van der Waals surface area (Å²) in [5.74, 6) is -0.416. The Morgan fingerprint density at radius 2 is 2.00 bits per heavy atom. The van der Waals surface area contributed by atoms with Gasteiger partial charge in [0.1, 0.15) is 0 Å². The molecule has 0 radical (unpaired) electrons. The maximum atomic E-state index is 12.7. The van der Waals surface area contributed by atoms with Crippen molar-refractivity contribution < 1.29 is 17.9 Å². The Hall–Kier alpha value is -1.15. The van der Waals surface area contributed by atoms with Gasteiger partial charge in [-0.05, 0) is 37.8 Å². The Kier molecular flexibility index (Phi) is 7.66. The number of esters is 1. The fourth-order valence-electron chi connectivity index (χ4n) is 3.11. The van der Waals surface area contributed by atoms with Gasteiger partial charge in [-0.1, -0.05) is 24.5 Å². The second kappa shape index (κ2) is 8.80. The summed E-state index contributed by atoms with van der Waals surface area (Å²) >= 11 is 0. The van der Waals surface area contributed by atoms with Gasteiger partial charge in [0.15, 0.2) is 0 Å². The number of sulfonamides is 1. The van der Waals surface area contributed by atoms with E-state index in [9.17, 15) is 13.2 Å². The summed E-state index contributed by atoms with van der Waals surface area (Å²) < 4.78 is 32.9. The highest BCUT2D eigenvalue weighted by Gasteiger charge is 2.30. The second-order valence-corrected chi connectivity index (χ2v) is 7.68. The van der Waals surface area contributed by atoms with Crippen molar-refractivity contribution in [2.24, 2.45) is 11.7 Å². The van der Waals surface area contributed by atoms with Crippen LogP contribution in [0.3, 0.4) is 0 Å². The molecule has 24 heavy (non-hydrogen) atoms. The maximum Gasteiger partial charge on any atom is 0.339 e. The SMILES string of the molecule is COC(=O)c1cc(C)ccc1S(=O)(=O)NC(CN)C1CCCC1.Cl. The molecule has 2 rings (SSSR count). The summed E-state index contributed by atoms with van der Waals surface area (Å²) in [6.07, 6.45) is 4.14. The van der Waals surface area contributed by atoms with E-state index < -0.39 is 16.0 Å². The molecule has 0 aromatic heterocycles. The summed E-state index contributed by atoms with van der Waals surface area (Å²) in [5, 5.41) is 0. The Labute approximate surface area is 149 Å². The summed E-state index contributed by atoms with van der Waals surface area (Å²) in [5.41, 5.74) is 6.60. The van der Waals surface area contributed by atoms with Gasteiger partial charge in [-0.25, -0.2) is 17.9 Å². The molecule has 1 fully saturated rings. The molecule has 1 unspecified atom stereocenters. The third-order valence-corrected chi connectivity index (χ3v) is 5.91. The molecule has 0 heterocycles. The predicted octanol–water partition coefficient (Wildman–Crippen LogP) is 2.00. The molecule has 1 aliphatic rings. The summed E-state index contributed by atoms with van der Waals surface area (Å²) in [6.45, 7) is 2.03. The van der Waals surface area contributed by atoms with E-state index in [1.807, 2.05) is 0 Å². The number of hydrogen-bond acceptors (Lipinski definition) is 5. The lowest BCUT2D eigenvalue weighted by Crippen LogP contribution is -2.44. The molecule has 0 amide bonds. The number of carbonyl (C=O) groups is 1. The van der Waals surface area contributed by atoms with Gasteiger partial charge in [0, 0.05) is 12.6 Å². The van der Waals surface area contributed by atoms with Gasteiger partial charge in [-0.3, -0.25) is 0 Å². The fraction of sp³-hybridized carbons (Fsp3) is 0.562. The smallest absolute Gasteiger partial charge is 0.339 e. The van der Waals surface area contributed by atoms with Crippen molar-refractivity contribution in [1.82, 2.24) is 4.72 Å². The normalized spacial score (nSPS) is 16.5. The summed E-state index contributed by atoms with van der Waals surface area (Å²) in [6, 6.07) is 4.31. The zero-order valence-electron chi connectivity index (χ0n) is 13.9. The number of methoxy groups -OCH3 is 1. The lowest BCUT2D eigenvalue weighted by molar-refractivity contribution is 0.0596. The molecule has 1 saturated carbocycles. The minimum Gasteiger partial charge on any atom is -0.465 e. The van der Waals surface area contributed by atoms with E-state index in [1.54, 1.807) is 13.0 Å². The molecule has 1 aliphatic carbocycles. The highest BCUT2D eigenvalue weighted by Crippen LogP contribution is 2.28. The van der Waals surface area contributed by atoms with Crippen molar-refractivity contribution in [3.63, 3.8) is 0 Å². The summed E-state index contributed by atoms with van der Waals surface area (Å²) in [7, 11) is -2.61. The first kappa shape index (κ1) is 20.9. The van der Waals surface area contributed by atoms with E-state index in [0.717, 1.165) is 31.2 Å². The third kappa shape index (κ3) is 4.69. The molecule has 0 spiro atoms. The molecule has 1 atom stereocenters. The lowest BCUT2D eigenvalue weighted by atomic mass is 9.99. The van der Waals surface area contributed by atoms with Crippen molar-refractivity contribution in [3.8, 4) is 0 Å². The monoisotopic (exact) mass is 376 g/mol. The minimum absolute atomic E-state index is 0. The molecular formula is C16H25ClN2O4S. The number of nitrogens with two attached hydrogens (primary N) is 1. The van der Waals surface area contributed by atoms with Gasteiger partial charge in [0.05, 0.1) is 17.6 Å². The highest BCUT2D eigenvalue weighted by atomic mass is 35.5. The third-order valence-electron chi connectivity index (χ3n) is 4.36. The van der Waals surface area contributed by atoms with Crippen LogP contribution < -0.4 is 10.5 Å².